The molecule has 0 radical (unpaired) electrons. The first-order chi connectivity index (χ1) is 20.0. The molecule has 226 valence electrons. The van der Waals surface area contributed by atoms with Gasteiger partial charge in [0.1, 0.15) is 17.5 Å². The minimum absolute atomic E-state index is 0.0725. The fourth-order valence-corrected chi connectivity index (χ4v) is 5.06. The number of amides is 3. The molecule has 2 aromatic heterocycles. The second-order valence-electron chi connectivity index (χ2n) is 11.4. The van der Waals surface area contributed by atoms with Crippen molar-refractivity contribution < 1.29 is 28.7 Å². The van der Waals surface area contributed by atoms with Crippen molar-refractivity contribution in [2.45, 2.75) is 77.6 Å². The van der Waals surface area contributed by atoms with Crippen molar-refractivity contribution in [3.05, 3.63) is 53.5 Å². The lowest BCUT2D eigenvalue weighted by molar-refractivity contribution is -0.144. The zero-order valence-corrected chi connectivity index (χ0v) is 24.7. The van der Waals surface area contributed by atoms with Gasteiger partial charge in [-0.3, -0.25) is 24.3 Å². The minimum Gasteiger partial charge on any atom is -0.466 e. The lowest BCUT2D eigenvalue weighted by Crippen LogP contribution is -2.48. The number of nitrogens with zero attached hydrogens (tertiary/aromatic N) is 4. The third-order valence-electron chi connectivity index (χ3n) is 6.99. The van der Waals surface area contributed by atoms with Gasteiger partial charge in [-0.1, -0.05) is 12.1 Å². The van der Waals surface area contributed by atoms with Crippen LogP contribution in [0.25, 0.3) is 0 Å². The van der Waals surface area contributed by atoms with Gasteiger partial charge < -0.3 is 25.0 Å². The molecule has 2 aromatic rings. The monoisotopic (exact) mass is 580 g/mol. The molecule has 2 atom stereocenters. The quantitative estimate of drug-likeness (QED) is 0.406. The maximum atomic E-state index is 13.6. The highest BCUT2D eigenvalue weighted by atomic mass is 16.6. The van der Waals surface area contributed by atoms with Crippen LogP contribution in [0.1, 0.15) is 69.8 Å². The number of aromatic nitrogens is 2. The number of fused-ring (bicyclic) bond motifs is 1. The summed E-state index contributed by atoms with van der Waals surface area (Å²) in [5.74, 6) is -0.448. The summed E-state index contributed by atoms with van der Waals surface area (Å²) in [5.41, 5.74) is 1.64. The highest BCUT2D eigenvalue weighted by molar-refractivity contribution is 5.91. The number of likely N-dealkylation sites (tertiary alicyclic amines) is 1. The Balaban J connectivity index is 1.46. The van der Waals surface area contributed by atoms with Gasteiger partial charge in [0.05, 0.1) is 37.9 Å². The van der Waals surface area contributed by atoms with Gasteiger partial charge in [-0.15, -0.1) is 0 Å². The Morgan fingerprint density at radius 3 is 2.76 bits per heavy atom. The van der Waals surface area contributed by atoms with Gasteiger partial charge in [-0.25, -0.2) is 9.78 Å². The zero-order valence-electron chi connectivity index (χ0n) is 24.7. The molecule has 42 heavy (non-hydrogen) atoms. The molecule has 2 N–H and O–H groups in total. The molecule has 12 nitrogen and oxygen atoms in total. The largest absolute Gasteiger partial charge is 0.466 e. The number of pyridine rings is 2. The molecule has 3 amide bonds. The Bertz CT molecular complexity index is 1280. The van der Waals surface area contributed by atoms with Crippen molar-refractivity contribution in [1.29, 1.82) is 0 Å². The molecular formula is C30H40N6O6. The predicted molar refractivity (Wildman–Crippen MR) is 154 cm³/mol. The number of carbonyl (C=O) groups excluding carboxylic acids is 4. The zero-order chi connectivity index (χ0) is 30.3. The fourth-order valence-electron chi connectivity index (χ4n) is 5.06. The second-order valence-corrected chi connectivity index (χ2v) is 11.4. The molecule has 2 aliphatic heterocycles. The Hall–Kier alpha value is -4.22. The molecule has 0 aromatic carbocycles. The molecule has 4 heterocycles. The van der Waals surface area contributed by atoms with Gasteiger partial charge in [0, 0.05) is 25.5 Å². The van der Waals surface area contributed by atoms with E-state index < -0.39 is 35.7 Å². The van der Waals surface area contributed by atoms with Gasteiger partial charge in [0.2, 0.25) is 11.8 Å². The first-order valence-electron chi connectivity index (χ1n) is 14.4. The maximum Gasteiger partial charge on any atom is 0.411 e. The van der Waals surface area contributed by atoms with E-state index in [1.807, 2.05) is 12.1 Å². The van der Waals surface area contributed by atoms with Crippen molar-refractivity contribution in [2.24, 2.45) is 0 Å². The van der Waals surface area contributed by atoms with Crippen LogP contribution in [-0.4, -0.2) is 81.5 Å². The normalized spacial score (nSPS) is 17.1. The van der Waals surface area contributed by atoms with E-state index in [2.05, 4.69) is 15.6 Å². The Morgan fingerprint density at radius 1 is 1.24 bits per heavy atom. The topological polar surface area (TPSA) is 143 Å². The summed E-state index contributed by atoms with van der Waals surface area (Å²) >= 11 is 0. The predicted octanol–water partition coefficient (Wildman–Crippen LogP) is 2.98. The number of esters is 1. The van der Waals surface area contributed by atoms with E-state index in [1.54, 1.807) is 52.2 Å². The van der Waals surface area contributed by atoms with Gasteiger partial charge in [-0.2, -0.15) is 0 Å². The van der Waals surface area contributed by atoms with Crippen LogP contribution in [0.3, 0.4) is 0 Å². The molecule has 4 rings (SSSR count). The van der Waals surface area contributed by atoms with Crippen molar-refractivity contribution >= 4 is 29.7 Å². The van der Waals surface area contributed by atoms with E-state index in [1.165, 1.54) is 9.80 Å². The number of aryl methyl sites for hydroxylation is 1. The van der Waals surface area contributed by atoms with Crippen LogP contribution in [0.15, 0.2) is 36.7 Å². The van der Waals surface area contributed by atoms with Crippen LogP contribution < -0.4 is 10.6 Å². The summed E-state index contributed by atoms with van der Waals surface area (Å²) in [5, 5.41) is 6.14. The number of hydrogen-bond donors (Lipinski definition) is 2. The number of ether oxygens (including phenoxy) is 2. The van der Waals surface area contributed by atoms with Crippen molar-refractivity contribution in [3.63, 3.8) is 0 Å². The first kappa shape index (κ1) is 30.7. The highest BCUT2D eigenvalue weighted by Crippen LogP contribution is 2.25. The fraction of sp³-hybridized carbons (Fsp3) is 0.533. The van der Waals surface area contributed by atoms with E-state index in [-0.39, 0.29) is 38.6 Å². The van der Waals surface area contributed by atoms with E-state index in [0.29, 0.717) is 17.7 Å². The third kappa shape index (κ3) is 8.17. The van der Waals surface area contributed by atoms with Crippen LogP contribution in [-0.2, 0) is 36.8 Å². The molecule has 0 spiro atoms. The summed E-state index contributed by atoms with van der Waals surface area (Å²) < 4.78 is 10.7. The minimum atomic E-state index is -0.813. The molecule has 0 bridgehead atoms. The van der Waals surface area contributed by atoms with E-state index >= 15 is 0 Å². The van der Waals surface area contributed by atoms with E-state index in [0.717, 1.165) is 30.8 Å². The average molecular weight is 581 g/mol. The smallest absolute Gasteiger partial charge is 0.411 e. The summed E-state index contributed by atoms with van der Waals surface area (Å²) in [6.07, 6.45) is 4.78. The number of carbonyl (C=O) groups is 4. The third-order valence-corrected chi connectivity index (χ3v) is 6.99. The lowest BCUT2D eigenvalue weighted by Gasteiger charge is -2.31. The Morgan fingerprint density at radius 2 is 2.05 bits per heavy atom. The van der Waals surface area contributed by atoms with Crippen molar-refractivity contribution in [2.75, 3.05) is 31.6 Å². The molecule has 1 saturated heterocycles. The maximum absolute atomic E-state index is 13.6. The van der Waals surface area contributed by atoms with Crippen LogP contribution in [0.5, 0.6) is 0 Å². The average Bonchev–Trinajstić information content (AvgIpc) is 3.30. The molecule has 0 unspecified atom stereocenters. The highest BCUT2D eigenvalue weighted by Gasteiger charge is 2.41. The van der Waals surface area contributed by atoms with Crippen LogP contribution in [0.2, 0.25) is 0 Å². The van der Waals surface area contributed by atoms with E-state index in [4.69, 9.17) is 14.5 Å². The number of nitrogens with one attached hydrogen (secondary N) is 2. The molecule has 2 aliphatic rings. The molecule has 0 saturated carbocycles. The molecule has 12 heteroatoms. The van der Waals surface area contributed by atoms with Gasteiger partial charge >= 0.3 is 12.1 Å². The number of rotatable bonds is 10. The van der Waals surface area contributed by atoms with Gasteiger partial charge in [0.25, 0.3) is 0 Å². The van der Waals surface area contributed by atoms with Crippen LogP contribution >= 0.6 is 0 Å². The number of anilines is 1. The standard InChI is InChI=1S/C30H40N6O6/c1-5-41-26(38)16-23(21-9-6-13-31-17-21)34-25(37)19-35-15-12-24(28(35)39)36(29(40)42-30(2,3)4)18-22-11-10-20-8-7-14-32-27(20)33-22/h6,9-11,13,17,23-24H,5,7-8,12,14-16,18-19H2,1-4H3,(H,32,33)(H,34,37)/t23-,24-/m0/s1. The lowest BCUT2D eigenvalue weighted by atomic mass is 10.1. The van der Waals surface area contributed by atoms with E-state index in [9.17, 15) is 19.2 Å². The second kappa shape index (κ2) is 13.6. The Kier molecular flexibility index (Phi) is 9.97. The molecule has 1 fully saturated rings. The summed E-state index contributed by atoms with van der Waals surface area (Å²) in [4.78, 5) is 63.8. The van der Waals surface area contributed by atoms with Gasteiger partial charge in [0.15, 0.2) is 0 Å². The summed E-state index contributed by atoms with van der Waals surface area (Å²) in [7, 11) is 0. The summed E-state index contributed by atoms with van der Waals surface area (Å²) in [6, 6.07) is 5.87. The first-order valence-corrected chi connectivity index (χ1v) is 14.4. The SMILES string of the molecule is CCOC(=O)C[C@H](NC(=O)CN1CC[C@H](N(Cc2ccc3c(n2)NCCC3)C(=O)OC(C)(C)C)C1=O)c1cccnc1. The van der Waals surface area contributed by atoms with Gasteiger partial charge in [-0.05, 0) is 70.2 Å². The van der Waals surface area contributed by atoms with Crippen molar-refractivity contribution in [3.8, 4) is 0 Å². The number of hydrogen-bond acceptors (Lipinski definition) is 9. The van der Waals surface area contributed by atoms with Crippen LogP contribution in [0.4, 0.5) is 10.6 Å². The molecule has 0 aliphatic carbocycles. The van der Waals surface area contributed by atoms with Crippen LogP contribution in [0, 0.1) is 0 Å². The Labute approximate surface area is 246 Å². The molecular weight excluding hydrogens is 540 g/mol. The van der Waals surface area contributed by atoms with Crippen molar-refractivity contribution in [1.82, 2.24) is 25.1 Å². The summed E-state index contributed by atoms with van der Waals surface area (Å²) in [6.45, 7) is 8.22.